The molecule has 0 atom stereocenters. The van der Waals surface area contributed by atoms with Crippen molar-refractivity contribution < 1.29 is 4.79 Å². The van der Waals surface area contributed by atoms with Crippen molar-refractivity contribution in [3.8, 4) is 0 Å². The lowest BCUT2D eigenvalue weighted by atomic mass is 9.99. The van der Waals surface area contributed by atoms with Gasteiger partial charge in [-0.25, -0.2) is 0 Å². The number of aromatic nitrogens is 1. The second-order valence-electron chi connectivity index (χ2n) is 6.42. The van der Waals surface area contributed by atoms with Gasteiger partial charge in [-0.15, -0.1) is 0 Å². The fourth-order valence-corrected chi connectivity index (χ4v) is 3.09. The Morgan fingerprint density at radius 2 is 2.18 bits per heavy atom. The molecule has 4 heteroatoms. The van der Waals surface area contributed by atoms with Crippen molar-refractivity contribution in [3.05, 3.63) is 45.7 Å². The van der Waals surface area contributed by atoms with Gasteiger partial charge >= 0.3 is 0 Å². The predicted octanol–water partition coefficient (Wildman–Crippen LogP) is 2.72. The lowest BCUT2D eigenvalue weighted by molar-refractivity contribution is 0.0950. The van der Waals surface area contributed by atoms with Gasteiger partial charge < -0.3 is 9.88 Å². The van der Waals surface area contributed by atoms with Gasteiger partial charge in [0.25, 0.3) is 5.91 Å². The number of carbonyl (C=O) groups is 1. The molecule has 0 fully saturated rings. The lowest BCUT2D eigenvalue weighted by Gasteiger charge is -2.20. The van der Waals surface area contributed by atoms with E-state index in [0.29, 0.717) is 17.8 Å². The molecule has 0 bridgehead atoms. The summed E-state index contributed by atoms with van der Waals surface area (Å²) in [5.41, 5.74) is 2.30. The molecular weight excluding hydrogens is 276 g/mol. The summed E-state index contributed by atoms with van der Waals surface area (Å²) in [5.74, 6) is 0.272. The highest BCUT2D eigenvalue weighted by atomic mass is 16.2. The van der Waals surface area contributed by atoms with Crippen molar-refractivity contribution in [2.24, 2.45) is 5.92 Å². The van der Waals surface area contributed by atoms with E-state index < -0.39 is 0 Å². The third kappa shape index (κ3) is 2.65. The number of aryl methyl sites for hydroxylation is 2. The highest BCUT2D eigenvalue weighted by Crippen LogP contribution is 2.23. The molecule has 22 heavy (non-hydrogen) atoms. The van der Waals surface area contributed by atoms with Crippen LogP contribution >= 0.6 is 0 Å². The topological polar surface area (TPSA) is 51.1 Å². The number of nitrogens with one attached hydrogen (secondary N) is 1. The molecular formula is C18H22N2O2. The quantitative estimate of drug-likeness (QED) is 0.943. The maximum Gasteiger partial charge on any atom is 0.256 e. The van der Waals surface area contributed by atoms with E-state index in [9.17, 15) is 9.59 Å². The van der Waals surface area contributed by atoms with Gasteiger partial charge in [-0.3, -0.25) is 9.59 Å². The molecule has 0 unspecified atom stereocenters. The number of hydrogen-bond donors (Lipinski definition) is 1. The fraction of sp³-hybridized carbons (Fsp3) is 0.444. The minimum Gasteiger partial charge on any atom is -0.352 e. The molecule has 116 valence electrons. The van der Waals surface area contributed by atoms with Crippen LogP contribution in [0.2, 0.25) is 0 Å². The largest absolute Gasteiger partial charge is 0.352 e. The van der Waals surface area contributed by atoms with Gasteiger partial charge in [0.15, 0.2) is 0 Å². The average Bonchev–Trinajstić information content (AvgIpc) is 2.50. The van der Waals surface area contributed by atoms with Crippen LogP contribution in [0, 0.1) is 5.92 Å². The Balaban J connectivity index is 2.00. The van der Waals surface area contributed by atoms with Crippen molar-refractivity contribution in [1.82, 2.24) is 9.88 Å². The van der Waals surface area contributed by atoms with Crippen LogP contribution in [-0.4, -0.2) is 17.0 Å². The molecule has 1 aliphatic rings. The molecule has 3 rings (SSSR count). The van der Waals surface area contributed by atoms with Crippen LogP contribution in [0.1, 0.15) is 42.6 Å². The van der Waals surface area contributed by atoms with Crippen LogP contribution in [0.4, 0.5) is 0 Å². The van der Waals surface area contributed by atoms with Crippen molar-refractivity contribution in [3.63, 3.8) is 0 Å². The van der Waals surface area contributed by atoms with E-state index in [1.54, 1.807) is 6.20 Å². The van der Waals surface area contributed by atoms with Gasteiger partial charge in [0.05, 0.1) is 5.52 Å². The molecule has 0 radical (unpaired) electrons. The number of rotatable bonds is 4. The maximum absolute atomic E-state index is 12.6. The van der Waals surface area contributed by atoms with Crippen LogP contribution in [0.3, 0.4) is 0 Å². The number of amides is 1. The molecule has 4 nitrogen and oxygen atoms in total. The van der Waals surface area contributed by atoms with E-state index in [0.717, 1.165) is 31.3 Å². The second kappa shape index (κ2) is 5.95. The third-order valence-electron chi connectivity index (χ3n) is 4.28. The van der Waals surface area contributed by atoms with E-state index >= 15 is 0 Å². The fourth-order valence-electron chi connectivity index (χ4n) is 3.09. The molecule has 0 spiro atoms. The highest BCUT2D eigenvalue weighted by Gasteiger charge is 2.19. The first kappa shape index (κ1) is 14.8. The summed E-state index contributed by atoms with van der Waals surface area (Å²) in [4.78, 5) is 25.0. The van der Waals surface area contributed by atoms with Crippen LogP contribution in [-0.2, 0) is 13.0 Å². The number of para-hydroxylation sites is 1. The minimum absolute atomic E-state index is 0.156. The summed E-state index contributed by atoms with van der Waals surface area (Å²) in [7, 11) is 0. The molecule has 2 aromatic rings. The zero-order chi connectivity index (χ0) is 15.7. The standard InChI is InChI=1S/C18H22N2O2/c1-12(2)8-9-19-18(22)15-11-20-10-4-6-13-5-3-7-14(16(13)20)17(15)21/h3,5,7,11-12H,4,6,8-10H2,1-2H3,(H,19,22). The monoisotopic (exact) mass is 298 g/mol. The zero-order valence-corrected chi connectivity index (χ0v) is 13.2. The molecule has 2 heterocycles. The van der Waals surface area contributed by atoms with Crippen LogP contribution in [0.25, 0.3) is 10.9 Å². The Kier molecular flexibility index (Phi) is 4.01. The Hall–Kier alpha value is -2.10. The molecule has 1 aliphatic heterocycles. The van der Waals surface area contributed by atoms with Crippen molar-refractivity contribution >= 4 is 16.8 Å². The lowest BCUT2D eigenvalue weighted by Crippen LogP contribution is -2.31. The normalized spacial score (nSPS) is 13.6. The minimum atomic E-state index is -0.257. The summed E-state index contributed by atoms with van der Waals surface area (Å²) < 4.78 is 2.06. The Morgan fingerprint density at radius 1 is 1.36 bits per heavy atom. The first-order valence-electron chi connectivity index (χ1n) is 8.01. The van der Waals surface area contributed by atoms with Gasteiger partial charge in [0.1, 0.15) is 5.56 Å². The maximum atomic E-state index is 12.6. The van der Waals surface area contributed by atoms with Gasteiger partial charge in [-0.05, 0) is 36.8 Å². The van der Waals surface area contributed by atoms with Crippen molar-refractivity contribution in [1.29, 1.82) is 0 Å². The Bertz CT molecular complexity index is 774. The predicted molar refractivity (Wildman–Crippen MR) is 88.3 cm³/mol. The number of benzene rings is 1. The summed E-state index contributed by atoms with van der Waals surface area (Å²) in [6.07, 6.45) is 4.69. The van der Waals surface area contributed by atoms with Crippen LogP contribution in [0.5, 0.6) is 0 Å². The molecule has 1 amide bonds. The highest BCUT2D eigenvalue weighted by molar-refractivity contribution is 5.97. The first-order valence-corrected chi connectivity index (χ1v) is 8.01. The van der Waals surface area contributed by atoms with E-state index in [1.807, 2.05) is 12.1 Å². The zero-order valence-electron chi connectivity index (χ0n) is 13.2. The molecule has 0 aliphatic carbocycles. The average molecular weight is 298 g/mol. The summed E-state index contributed by atoms with van der Waals surface area (Å²) in [6.45, 7) is 5.69. The van der Waals surface area contributed by atoms with Gasteiger partial charge in [-0.1, -0.05) is 26.0 Å². The van der Waals surface area contributed by atoms with Gasteiger partial charge in [-0.2, -0.15) is 0 Å². The molecule has 0 saturated heterocycles. The van der Waals surface area contributed by atoms with Crippen molar-refractivity contribution in [2.75, 3.05) is 6.54 Å². The number of nitrogens with zero attached hydrogens (tertiary/aromatic N) is 1. The number of pyridine rings is 1. The van der Waals surface area contributed by atoms with E-state index in [2.05, 4.69) is 29.8 Å². The Morgan fingerprint density at radius 3 is 2.95 bits per heavy atom. The molecule has 1 aromatic heterocycles. The SMILES string of the molecule is CC(C)CCNC(=O)c1cn2c3c(cccc3c1=O)CCC2. The van der Waals surface area contributed by atoms with Crippen LogP contribution < -0.4 is 10.7 Å². The Labute approximate surface area is 130 Å². The number of carbonyl (C=O) groups excluding carboxylic acids is 1. The van der Waals surface area contributed by atoms with Gasteiger partial charge in [0.2, 0.25) is 5.43 Å². The van der Waals surface area contributed by atoms with E-state index in [4.69, 9.17) is 0 Å². The molecule has 0 saturated carbocycles. The van der Waals surface area contributed by atoms with E-state index in [-0.39, 0.29) is 16.9 Å². The summed E-state index contributed by atoms with van der Waals surface area (Å²) >= 11 is 0. The third-order valence-corrected chi connectivity index (χ3v) is 4.28. The molecule has 1 N–H and O–H groups in total. The summed E-state index contributed by atoms with van der Waals surface area (Å²) in [6, 6.07) is 5.81. The first-order chi connectivity index (χ1) is 10.6. The smallest absolute Gasteiger partial charge is 0.256 e. The molecule has 1 aromatic carbocycles. The number of hydrogen-bond acceptors (Lipinski definition) is 2. The van der Waals surface area contributed by atoms with Crippen LogP contribution in [0.15, 0.2) is 29.2 Å². The van der Waals surface area contributed by atoms with Gasteiger partial charge in [0, 0.05) is 24.7 Å². The van der Waals surface area contributed by atoms with E-state index in [1.165, 1.54) is 5.56 Å². The summed E-state index contributed by atoms with van der Waals surface area (Å²) in [5, 5.41) is 3.53. The second-order valence-corrected chi connectivity index (χ2v) is 6.42. The van der Waals surface area contributed by atoms with Crippen molar-refractivity contribution in [2.45, 2.75) is 39.7 Å².